The molecule has 0 atom stereocenters. The van der Waals surface area contributed by atoms with Gasteiger partial charge in [0, 0.05) is 36.6 Å². The molecule has 0 saturated heterocycles. The Hall–Kier alpha value is -3.40. The van der Waals surface area contributed by atoms with Gasteiger partial charge in [0.2, 0.25) is 5.79 Å². The number of fused-ring (bicyclic) bond motifs is 1. The van der Waals surface area contributed by atoms with Crippen molar-refractivity contribution in [2.75, 3.05) is 0 Å². The van der Waals surface area contributed by atoms with Crippen molar-refractivity contribution in [3.63, 3.8) is 0 Å². The Balaban J connectivity index is 1.70. The van der Waals surface area contributed by atoms with Crippen LogP contribution in [0.4, 0.5) is 0 Å². The van der Waals surface area contributed by atoms with E-state index < -0.39 is 5.79 Å². The van der Waals surface area contributed by atoms with Crippen LogP contribution in [0.2, 0.25) is 0 Å². The minimum absolute atomic E-state index is 0.145. The first-order valence-electron chi connectivity index (χ1n) is 8.70. The van der Waals surface area contributed by atoms with Gasteiger partial charge < -0.3 is 9.47 Å². The van der Waals surface area contributed by atoms with Crippen LogP contribution >= 0.6 is 0 Å². The molecule has 27 heavy (non-hydrogen) atoms. The molecule has 2 aromatic carbocycles. The summed E-state index contributed by atoms with van der Waals surface area (Å²) in [4.78, 5) is 25.0. The zero-order chi connectivity index (χ0) is 19.0. The van der Waals surface area contributed by atoms with Crippen LogP contribution < -0.4 is 0 Å². The van der Waals surface area contributed by atoms with Crippen LogP contribution in [0.3, 0.4) is 0 Å². The molecular weight excluding hydrogens is 340 g/mol. The summed E-state index contributed by atoms with van der Waals surface area (Å²) in [6.45, 7) is 3.62. The highest BCUT2D eigenvalue weighted by atomic mass is 16.7. The highest BCUT2D eigenvalue weighted by molar-refractivity contribution is 6.39. The highest BCUT2D eigenvalue weighted by Gasteiger charge is 2.33. The first kappa shape index (κ1) is 17.0. The average Bonchev–Trinajstić information content (AvgIpc) is 2.90. The molecule has 0 spiro atoms. The van der Waals surface area contributed by atoms with Crippen LogP contribution in [0.15, 0.2) is 84.2 Å². The summed E-state index contributed by atoms with van der Waals surface area (Å²) in [6, 6.07) is 16.5. The second-order valence-corrected chi connectivity index (χ2v) is 6.83. The molecule has 0 saturated carbocycles. The van der Waals surface area contributed by atoms with Crippen LogP contribution in [0.5, 0.6) is 0 Å². The summed E-state index contributed by atoms with van der Waals surface area (Å²) < 4.78 is 11.7. The lowest BCUT2D eigenvalue weighted by molar-refractivity contribution is -0.149. The van der Waals surface area contributed by atoms with Crippen LogP contribution in [-0.4, -0.2) is 17.4 Å². The number of hydrogen-bond acceptors (Lipinski definition) is 4. The number of rotatable bonds is 2. The van der Waals surface area contributed by atoms with Crippen molar-refractivity contribution < 1.29 is 19.1 Å². The number of carbonyl (C=O) groups excluding carboxylic acids is 2. The molecule has 4 nitrogen and oxygen atoms in total. The van der Waals surface area contributed by atoms with E-state index >= 15 is 0 Å². The number of ether oxygens (including phenoxy) is 2. The van der Waals surface area contributed by atoms with Gasteiger partial charge in [0.25, 0.3) is 0 Å². The molecule has 0 bridgehead atoms. The number of hydrogen-bond donors (Lipinski definition) is 0. The monoisotopic (exact) mass is 358 g/mol. The Morgan fingerprint density at radius 2 is 1.37 bits per heavy atom. The van der Waals surface area contributed by atoms with E-state index in [0.717, 1.165) is 5.56 Å². The molecule has 1 aliphatic heterocycles. The Morgan fingerprint density at radius 3 is 2.00 bits per heavy atom. The molecule has 4 rings (SSSR count). The van der Waals surface area contributed by atoms with Crippen molar-refractivity contribution in [3.05, 3.63) is 101 Å². The quantitative estimate of drug-likeness (QED) is 0.577. The predicted octanol–water partition coefficient (Wildman–Crippen LogP) is 4.70. The molecule has 0 unspecified atom stereocenters. The third kappa shape index (κ3) is 3.22. The Morgan fingerprint density at radius 1 is 0.778 bits per heavy atom. The van der Waals surface area contributed by atoms with Gasteiger partial charge in [0.1, 0.15) is 11.5 Å². The molecule has 2 aliphatic rings. The third-order valence-corrected chi connectivity index (χ3v) is 4.37. The van der Waals surface area contributed by atoms with Crippen molar-refractivity contribution in [1.82, 2.24) is 0 Å². The molecule has 0 amide bonds. The van der Waals surface area contributed by atoms with E-state index in [-0.39, 0.29) is 17.1 Å². The first-order valence-corrected chi connectivity index (χ1v) is 8.70. The summed E-state index contributed by atoms with van der Waals surface area (Å²) in [6.07, 6.45) is 4.93. The van der Waals surface area contributed by atoms with Crippen molar-refractivity contribution in [2.24, 2.45) is 0 Å². The molecule has 0 fully saturated rings. The molecule has 1 heterocycles. The van der Waals surface area contributed by atoms with Crippen LogP contribution in [0, 0.1) is 0 Å². The van der Waals surface area contributed by atoms with Gasteiger partial charge in [0.05, 0.1) is 5.57 Å². The highest BCUT2D eigenvalue weighted by Crippen LogP contribution is 2.33. The minimum atomic E-state index is -0.864. The second kappa shape index (κ2) is 6.40. The Bertz CT molecular complexity index is 986. The summed E-state index contributed by atoms with van der Waals surface area (Å²) in [7, 11) is 0. The van der Waals surface area contributed by atoms with Crippen LogP contribution in [0.25, 0.3) is 5.76 Å². The normalized spacial score (nSPS) is 19.3. The Kier molecular flexibility index (Phi) is 4.04. The van der Waals surface area contributed by atoms with Gasteiger partial charge in [-0.25, -0.2) is 0 Å². The molecule has 4 heteroatoms. The lowest BCUT2D eigenvalue weighted by atomic mass is 10.1. The van der Waals surface area contributed by atoms with Crippen LogP contribution in [-0.2, 0) is 9.47 Å². The third-order valence-electron chi connectivity index (χ3n) is 4.37. The second-order valence-electron chi connectivity index (χ2n) is 6.83. The zero-order valence-electron chi connectivity index (χ0n) is 15.1. The van der Waals surface area contributed by atoms with E-state index in [9.17, 15) is 9.59 Å². The van der Waals surface area contributed by atoms with Gasteiger partial charge in [-0.3, -0.25) is 9.59 Å². The number of carbonyl (C=O) groups is 2. The lowest BCUT2D eigenvalue weighted by Crippen LogP contribution is -2.30. The van der Waals surface area contributed by atoms with Crippen molar-refractivity contribution in [3.8, 4) is 0 Å². The smallest absolute Gasteiger partial charge is 0.245 e. The fourth-order valence-corrected chi connectivity index (χ4v) is 3.17. The lowest BCUT2D eigenvalue weighted by Gasteiger charge is -2.33. The van der Waals surface area contributed by atoms with E-state index in [1.165, 1.54) is 6.08 Å². The number of allylic oxidation sites excluding steroid dienone is 4. The molecule has 0 aromatic heterocycles. The van der Waals surface area contributed by atoms with Gasteiger partial charge in [-0.2, -0.15) is 0 Å². The van der Waals surface area contributed by atoms with Gasteiger partial charge in [-0.15, -0.1) is 0 Å². The molecule has 0 N–H and O–H groups in total. The first-order chi connectivity index (χ1) is 12.9. The van der Waals surface area contributed by atoms with E-state index in [2.05, 4.69) is 0 Å². The van der Waals surface area contributed by atoms with E-state index in [1.54, 1.807) is 36.4 Å². The van der Waals surface area contributed by atoms with Crippen LogP contribution in [0.1, 0.15) is 40.1 Å². The molecule has 134 valence electrons. The van der Waals surface area contributed by atoms with E-state index in [1.807, 2.05) is 44.2 Å². The van der Waals surface area contributed by atoms with Crippen molar-refractivity contribution in [1.29, 1.82) is 0 Å². The van der Waals surface area contributed by atoms with Gasteiger partial charge in [-0.1, -0.05) is 54.6 Å². The summed E-state index contributed by atoms with van der Waals surface area (Å²) in [5.41, 5.74) is 1.96. The maximum Gasteiger partial charge on any atom is 0.245 e. The van der Waals surface area contributed by atoms with Gasteiger partial charge in [0.15, 0.2) is 11.6 Å². The maximum atomic E-state index is 12.5. The molecule has 1 aliphatic carbocycles. The number of Topliss-reactive ketones (excluding diaryl/α,β-unsaturated/α-hetero) is 2. The number of ketones is 2. The molecule has 0 radical (unpaired) electrons. The zero-order valence-corrected chi connectivity index (χ0v) is 15.1. The van der Waals surface area contributed by atoms with Crippen molar-refractivity contribution >= 4 is 17.3 Å². The largest absolute Gasteiger partial charge is 0.453 e. The van der Waals surface area contributed by atoms with Crippen molar-refractivity contribution in [2.45, 2.75) is 19.6 Å². The van der Waals surface area contributed by atoms with Gasteiger partial charge in [-0.05, 0) is 12.2 Å². The Labute approximate surface area is 157 Å². The topological polar surface area (TPSA) is 52.6 Å². The summed E-state index contributed by atoms with van der Waals surface area (Å²) in [5, 5.41) is 0. The minimum Gasteiger partial charge on any atom is -0.453 e. The van der Waals surface area contributed by atoms with E-state index in [4.69, 9.17) is 9.47 Å². The fraction of sp³-hybridized carbons (Fsp3) is 0.130. The maximum absolute atomic E-state index is 12.5. The predicted molar refractivity (Wildman–Crippen MR) is 102 cm³/mol. The summed E-state index contributed by atoms with van der Waals surface area (Å²) in [5.74, 6) is -0.188. The molecular formula is C23H18O4. The van der Waals surface area contributed by atoms with E-state index in [0.29, 0.717) is 22.6 Å². The molecule has 2 aromatic rings. The SMILES string of the molecule is CC1(C)OC(c2ccccc2)=C/C(=C\C=C2C(=O)c3ccccc3C2=O)O1. The summed E-state index contributed by atoms with van der Waals surface area (Å²) >= 11 is 0. The van der Waals surface area contributed by atoms with Gasteiger partial charge >= 0.3 is 0 Å². The average molecular weight is 358 g/mol. The fourth-order valence-electron chi connectivity index (χ4n) is 3.17. The standard InChI is InChI=1S/C23H18O4/c1-23(2)26-16(14-20(27-23)15-8-4-3-5-9-15)12-13-19-21(24)17-10-6-7-11-18(17)22(19)25/h3-14H,1-2H3/b16-12+. The number of benzene rings is 2.